The Morgan fingerprint density at radius 3 is 2.33 bits per heavy atom. The van der Waals surface area contributed by atoms with Crippen LogP contribution in [0.15, 0.2) is 0 Å². The number of nitrogens with zero attached hydrogens (tertiary/aromatic N) is 1. The first kappa shape index (κ1) is 14.4. The number of carbonyl (C=O) groups excluding carboxylic acids is 1. The van der Waals surface area contributed by atoms with E-state index in [1.54, 1.807) is 19.0 Å². The third-order valence-corrected chi connectivity index (χ3v) is 1.83. The first-order valence-corrected chi connectivity index (χ1v) is 5.38. The van der Waals surface area contributed by atoms with E-state index in [1.165, 1.54) is 0 Å². The maximum atomic E-state index is 11.2. The molecule has 15 heavy (non-hydrogen) atoms. The molecular weight excluding hydrogens is 192 g/mol. The van der Waals surface area contributed by atoms with Crippen LogP contribution in [0, 0.1) is 0 Å². The number of amides is 1. The molecule has 0 aromatic heterocycles. The maximum Gasteiger partial charge on any atom is 0.223 e. The van der Waals surface area contributed by atoms with Crippen LogP contribution in [0.5, 0.6) is 0 Å². The molecule has 1 N–H and O–H groups in total. The summed E-state index contributed by atoms with van der Waals surface area (Å²) in [5.74, 6) is 0.152. The second-order valence-electron chi connectivity index (χ2n) is 4.75. The number of rotatable bonds is 6. The van der Waals surface area contributed by atoms with Crippen molar-refractivity contribution in [2.24, 2.45) is 0 Å². The van der Waals surface area contributed by atoms with Gasteiger partial charge in [-0.3, -0.25) is 4.79 Å². The van der Waals surface area contributed by atoms with Crippen molar-refractivity contribution in [1.29, 1.82) is 0 Å². The molecule has 1 amide bonds. The zero-order valence-corrected chi connectivity index (χ0v) is 10.6. The van der Waals surface area contributed by atoms with Crippen LogP contribution in [0.3, 0.4) is 0 Å². The normalized spacial score (nSPS) is 11.5. The Bertz CT molecular complexity index is 186. The lowest BCUT2D eigenvalue weighted by Gasteiger charge is -2.19. The van der Waals surface area contributed by atoms with Gasteiger partial charge in [0.1, 0.15) is 0 Å². The van der Waals surface area contributed by atoms with Crippen molar-refractivity contribution in [3.8, 4) is 0 Å². The Morgan fingerprint density at radius 2 is 1.87 bits per heavy atom. The number of hydrogen-bond acceptors (Lipinski definition) is 3. The molecule has 0 rings (SSSR count). The quantitative estimate of drug-likeness (QED) is 0.670. The SMILES string of the molecule is CN(C)C(=O)CCNCCOC(C)(C)C. The average Bonchev–Trinajstić information content (AvgIpc) is 2.08. The van der Waals surface area contributed by atoms with Crippen LogP contribution < -0.4 is 5.32 Å². The van der Waals surface area contributed by atoms with E-state index < -0.39 is 0 Å². The summed E-state index contributed by atoms with van der Waals surface area (Å²) >= 11 is 0. The van der Waals surface area contributed by atoms with Gasteiger partial charge in [-0.05, 0) is 20.8 Å². The molecular formula is C11H24N2O2. The summed E-state index contributed by atoms with van der Waals surface area (Å²) in [5.41, 5.74) is -0.0822. The molecule has 0 spiro atoms. The van der Waals surface area contributed by atoms with E-state index in [0.29, 0.717) is 19.6 Å². The van der Waals surface area contributed by atoms with Gasteiger partial charge in [-0.15, -0.1) is 0 Å². The summed E-state index contributed by atoms with van der Waals surface area (Å²) in [5, 5.41) is 3.17. The number of nitrogens with one attached hydrogen (secondary N) is 1. The maximum absolute atomic E-state index is 11.2. The van der Waals surface area contributed by atoms with Crippen molar-refractivity contribution >= 4 is 5.91 Å². The largest absolute Gasteiger partial charge is 0.375 e. The first-order chi connectivity index (χ1) is 6.83. The first-order valence-electron chi connectivity index (χ1n) is 5.38. The molecule has 0 unspecified atom stereocenters. The summed E-state index contributed by atoms with van der Waals surface area (Å²) in [6.07, 6.45) is 0.544. The van der Waals surface area contributed by atoms with Gasteiger partial charge in [-0.2, -0.15) is 0 Å². The van der Waals surface area contributed by atoms with Crippen molar-refractivity contribution in [3.05, 3.63) is 0 Å². The van der Waals surface area contributed by atoms with Gasteiger partial charge in [0.2, 0.25) is 5.91 Å². The molecule has 0 saturated carbocycles. The van der Waals surface area contributed by atoms with E-state index in [0.717, 1.165) is 6.54 Å². The van der Waals surface area contributed by atoms with Crippen LogP contribution in [0.1, 0.15) is 27.2 Å². The van der Waals surface area contributed by atoms with E-state index in [-0.39, 0.29) is 11.5 Å². The Balaban J connectivity index is 3.30. The second-order valence-corrected chi connectivity index (χ2v) is 4.75. The highest BCUT2D eigenvalue weighted by atomic mass is 16.5. The van der Waals surface area contributed by atoms with Gasteiger partial charge in [0.15, 0.2) is 0 Å². The molecule has 0 bridgehead atoms. The minimum atomic E-state index is -0.0822. The van der Waals surface area contributed by atoms with Gasteiger partial charge in [0.25, 0.3) is 0 Å². The predicted molar refractivity (Wildman–Crippen MR) is 61.9 cm³/mol. The molecule has 0 saturated heterocycles. The number of carbonyl (C=O) groups is 1. The second kappa shape index (κ2) is 6.80. The topological polar surface area (TPSA) is 41.6 Å². The van der Waals surface area contributed by atoms with Crippen LogP contribution in [-0.4, -0.2) is 50.2 Å². The van der Waals surface area contributed by atoms with Crippen LogP contribution in [0.25, 0.3) is 0 Å². The fourth-order valence-electron chi connectivity index (χ4n) is 0.973. The summed E-state index contributed by atoms with van der Waals surface area (Å²) < 4.78 is 5.53. The van der Waals surface area contributed by atoms with Crippen LogP contribution in [-0.2, 0) is 9.53 Å². The lowest BCUT2D eigenvalue weighted by atomic mass is 10.2. The standard InChI is InChI=1S/C11H24N2O2/c1-11(2,3)15-9-8-12-7-6-10(14)13(4)5/h12H,6-9H2,1-5H3. The molecule has 0 atom stereocenters. The summed E-state index contributed by atoms with van der Waals surface area (Å²) in [7, 11) is 3.54. The third-order valence-electron chi connectivity index (χ3n) is 1.83. The molecule has 4 heteroatoms. The van der Waals surface area contributed by atoms with Crippen molar-refractivity contribution in [1.82, 2.24) is 10.2 Å². The summed E-state index contributed by atoms with van der Waals surface area (Å²) in [6, 6.07) is 0. The molecule has 90 valence electrons. The van der Waals surface area contributed by atoms with E-state index in [2.05, 4.69) is 5.32 Å². The molecule has 0 fully saturated rings. The number of ether oxygens (including phenoxy) is 1. The Kier molecular flexibility index (Phi) is 6.52. The minimum Gasteiger partial charge on any atom is -0.375 e. The van der Waals surface area contributed by atoms with E-state index in [4.69, 9.17) is 4.74 Å². The molecule has 0 radical (unpaired) electrons. The summed E-state index contributed by atoms with van der Waals surface area (Å²) in [6.45, 7) is 8.27. The van der Waals surface area contributed by atoms with Gasteiger partial charge >= 0.3 is 0 Å². The van der Waals surface area contributed by atoms with Crippen LogP contribution in [0.2, 0.25) is 0 Å². The van der Waals surface area contributed by atoms with E-state index in [9.17, 15) is 4.79 Å². The molecule has 0 aromatic carbocycles. The highest BCUT2D eigenvalue weighted by molar-refractivity contribution is 5.75. The Labute approximate surface area is 93.0 Å². The molecule has 0 aliphatic rings. The summed E-state index contributed by atoms with van der Waals surface area (Å²) in [4.78, 5) is 12.8. The van der Waals surface area contributed by atoms with Gasteiger partial charge in [-0.25, -0.2) is 0 Å². The van der Waals surface area contributed by atoms with Crippen LogP contribution >= 0.6 is 0 Å². The van der Waals surface area contributed by atoms with Gasteiger partial charge in [0.05, 0.1) is 12.2 Å². The monoisotopic (exact) mass is 216 g/mol. The fraction of sp³-hybridized carbons (Fsp3) is 0.909. The molecule has 0 aliphatic heterocycles. The lowest BCUT2D eigenvalue weighted by molar-refractivity contribution is -0.128. The highest BCUT2D eigenvalue weighted by Gasteiger charge is 2.08. The minimum absolute atomic E-state index is 0.0822. The van der Waals surface area contributed by atoms with Gasteiger partial charge in [-0.1, -0.05) is 0 Å². The fourth-order valence-corrected chi connectivity index (χ4v) is 0.973. The van der Waals surface area contributed by atoms with Gasteiger partial charge < -0.3 is 15.0 Å². The zero-order chi connectivity index (χ0) is 11.9. The van der Waals surface area contributed by atoms with Crippen molar-refractivity contribution < 1.29 is 9.53 Å². The van der Waals surface area contributed by atoms with Gasteiger partial charge in [0, 0.05) is 33.6 Å². The van der Waals surface area contributed by atoms with Crippen molar-refractivity contribution in [3.63, 3.8) is 0 Å². The molecule has 0 heterocycles. The molecule has 0 aromatic rings. The molecule has 0 aliphatic carbocycles. The van der Waals surface area contributed by atoms with E-state index in [1.807, 2.05) is 20.8 Å². The Morgan fingerprint density at radius 1 is 1.27 bits per heavy atom. The highest BCUT2D eigenvalue weighted by Crippen LogP contribution is 2.04. The number of hydrogen-bond donors (Lipinski definition) is 1. The predicted octanol–water partition coefficient (Wildman–Crippen LogP) is 0.869. The Hall–Kier alpha value is -0.610. The smallest absolute Gasteiger partial charge is 0.223 e. The van der Waals surface area contributed by atoms with E-state index >= 15 is 0 Å². The zero-order valence-electron chi connectivity index (χ0n) is 10.6. The van der Waals surface area contributed by atoms with Crippen molar-refractivity contribution in [2.45, 2.75) is 32.8 Å². The lowest BCUT2D eigenvalue weighted by Crippen LogP contribution is -2.30. The van der Waals surface area contributed by atoms with Crippen molar-refractivity contribution in [2.75, 3.05) is 33.8 Å². The van der Waals surface area contributed by atoms with Crippen LogP contribution in [0.4, 0.5) is 0 Å². The third kappa shape index (κ3) is 9.69. The average molecular weight is 216 g/mol. The molecule has 4 nitrogen and oxygen atoms in total.